The molecule has 0 aliphatic carbocycles. The standard InChI is InChI=1S/C23H28N4O7/c28-19(17-4-2-1-3-5-17)18-20(33-10-22-6-29-13-26(22)14-30-7-22)24-12-25-21(18)34-11-23-8-31-15-27(23)16-32-9-23/h1-5,12,19,28H,6-11,13-16H2. The predicted molar refractivity (Wildman–Crippen MR) is 116 cm³/mol. The summed E-state index contributed by atoms with van der Waals surface area (Å²) >= 11 is 0. The van der Waals surface area contributed by atoms with Crippen molar-refractivity contribution in [3.05, 3.63) is 47.8 Å². The van der Waals surface area contributed by atoms with E-state index in [1.165, 1.54) is 6.33 Å². The molecule has 4 saturated heterocycles. The van der Waals surface area contributed by atoms with Gasteiger partial charge >= 0.3 is 0 Å². The minimum absolute atomic E-state index is 0.272. The minimum atomic E-state index is -1.03. The maximum atomic E-state index is 11.3. The third-order valence-electron chi connectivity index (χ3n) is 6.97. The highest BCUT2D eigenvalue weighted by molar-refractivity contribution is 5.42. The van der Waals surface area contributed by atoms with Gasteiger partial charge in [0, 0.05) is 0 Å². The van der Waals surface area contributed by atoms with Crippen LogP contribution < -0.4 is 9.47 Å². The number of nitrogens with zero attached hydrogens (tertiary/aromatic N) is 4. The molecule has 0 amide bonds. The largest absolute Gasteiger partial charge is 0.475 e. The Morgan fingerprint density at radius 1 is 0.794 bits per heavy atom. The van der Waals surface area contributed by atoms with Crippen LogP contribution in [0.25, 0.3) is 0 Å². The van der Waals surface area contributed by atoms with Gasteiger partial charge in [0.1, 0.15) is 69.2 Å². The van der Waals surface area contributed by atoms with E-state index in [1.807, 2.05) is 30.3 Å². The maximum absolute atomic E-state index is 11.3. The summed E-state index contributed by atoms with van der Waals surface area (Å²) in [7, 11) is 0. The molecule has 0 spiro atoms. The van der Waals surface area contributed by atoms with Gasteiger partial charge in [0.2, 0.25) is 11.8 Å². The van der Waals surface area contributed by atoms with Crippen LogP contribution in [0.1, 0.15) is 17.2 Å². The van der Waals surface area contributed by atoms with Crippen LogP contribution in [0.5, 0.6) is 11.8 Å². The Labute approximate surface area is 197 Å². The van der Waals surface area contributed by atoms with Gasteiger partial charge in [-0.05, 0) is 5.56 Å². The summed E-state index contributed by atoms with van der Waals surface area (Å²) in [4.78, 5) is 12.9. The maximum Gasteiger partial charge on any atom is 0.226 e. The van der Waals surface area contributed by atoms with Crippen LogP contribution in [-0.4, -0.2) is 103 Å². The summed E-state index contributed by atoms with van der Waals surface area (Å²) in [6.45, 7) is 4.66. The Hall–Kier alpha value is -2.38. The smallest absolute Gasteiger partial charge is 0.226 e. The lowest BCUT2D eigenvalue weighted by Gasteiger charge is -2.29. The number of aliphatic hydroxyl groups excluding tert-OH is 1. The molecule has 1 N–H and O–H groups in total. The molecule has 6 rings (SSSR count). The molecule has 2 aromatic rings. The molecule has 11 heteroatoms. The van der Waals surface area contributed by atoms with Crippen molar-refractivity contribution in [1.82, 2.24) is 19.8 Å². The second-order valence-corrected chi connectivity index (χ2v) is 9.23. The molecule has 5 heterocycles. The van der Waals surface area contributed by atoms with Crippen LogP contribution in [0.2, 0.25) is 0 Å². The SMILES string of the molecule is OC(c1ccccc1)c1c(OCC23COCN2COC3)ncnc1OCC12COCN1COC2. The van der Waals surface area contributed by atoms with E-state index < -0.39 is 6.10 Å². The topological polar surface area (TPSA) is 108 Å². The van der Waals surface area contributed by atoms with E-state index in [-0.39, 0.29) is 22.8 Å². The predicted octanol–water partition coefficient (Wildman–Crippen LogP) is 0.348. The number of rotatable bonds is 8. The zero-order chi connectivity index (χ0) is 23.0. The number of hydrogen-bond acceptors (Lipinski definition) is 11. The summed E-state index contributed by atoms with van der Waals surface area (Å²) in [5.74, 6) is 0.545. The fourth-order valence-electron chi connectivity index (χ4n) is 4.84. The Balaban J connectivity index is 1.29. The monoisotopic (exact) mass is 472 g/mol. The third-order valence-corrected chi connectivity index (χ3v) is 6.97. The molecule has 4 aliphatic rings. The van der Waals surface area contributed by atoms with E-state index in [2.05, 4.69) is 19.8 Å². The van der Waals surface area contributed by atoms with Crippen LogP contribution in [0.4, 0.5) is 0 Å². The third kappa shape index (κ3) is 3.83. The normalized spacial score (nSPS) is 24.1. The van der Waals surface area contributed by atoms with Gasteiger partial charge in [-0.3, -0.25) is 0 Å². The fraction of sp³-hybridized carbons (Fsp3) is 0.565. The van der Waals surface area contributed by atoms with Crippen molar-refractivity contribution in [2.45, 2.75) is 17.2 Å². The lowest BCUT2D eigenvalue weighted by atomic mass is 10.0. The van der Waals surface area contributed by atoms with Gasteiger partial charge in [0.15, 0.2) is 0 Å². The van der Waals surface area contributed by atoms with Crippen molar-refractivity contribution in [3.63, 3.8) is 0 Å². The molecule has 182 valence electrons. The van der Waals surface area contributed by atoms with Crippen molar-refractivity contribution in [3.8, 4) is 11.8 Å². The highest BCUT2D eigenvalue weighted by Crippen LogP contribution is 2.37. The summed E-state index contributed by atoms with van der Waals surface area (Å²) in [6, 6.07) is 9.33. The average molecular weight is 472 g/mol. The summed E-state index contributed by atoms with van der Waals surface area (Å²) in [5, 5.41) is 11.3. The molecule has 1 aromatic carbocycles. The van der Waals surface area contributed by atoms with Crippen LogP contribution >= 0.6 is 0 Å². The summed E-state index contributed by atoms with van der Waals surface area (Å²) < 4.78 is 35.0. The number of benzene rings is 1. The van der Waals surface area contributed by atoms with Gasteiger partial charge in [0.05, 0.1) is 26.4 Å². The molecule has 0 bridgehead atoms. The van der Waals surface area contributed by atoms with Crippen LogP contribution in [0, 0.1) is 0 Å². The van der Waals surface area contributed by atoms with Gasteiger partial charge in [-0.1, -0.05) is 30.3 Å². The van der Waals surface area contributed by atoms with E-state index in [1.54, 1.807) is 0 Å². The van der Waals surface area contributed by atoms with Gasteiger partial charge in [-0.2, -0.15) is 0 Å². The van der Waals surface area contributed by atoms with E-state index in [4.69, 9.17) is 28.4 Å². The van der Waals surface area contributed by atoms with Gasteiger partial charge in [0.25, 0.3) is 0 Å². The zero-order valence-corrected chi connectivity index (χ0v) is 18.8. The zero-order valence-electron chi connectivity index (χ0n) is 18.8. The quantitative estimate of drug-likeness (QED) is 0.575. The van der Waals surface area contributed by atoms with Crippen LogP contribution in [0.15, 0.2) is 36.7 Å². The van der Waals surface area contributed by atoms with E-state index >= 15 is 0 Å². The van der Waals surface area contributed by atoms with E-state index in [0.717, 1.165) is 0 Å². The molecular weight excluding hydrogens is 444 g/mol. The van der Waals surface area contributed by atoms with Crippen molar-refractivity contribution in [2.24, 2.45) is 0 Å². The molecule has 4 aliphatic heterocycles. The van der Waals surface area contributed by atoms with Crippen molar-refractivity contribution in [1.29, 1.82) is 0 Å². The first-order valence-corrected chi connectivity index (χ1v) is 11.3. The first-order chi connectivity index (χ1) is 16.7. The minimum Gasteiger partial charge on any atom is -0.475 e. The number of aromatic nitrogens is 2. The lowest BCUT2D eigenvalue weighted by Crippen LogP contribution is -2.48. The first-order valence-electron chi connectivity index (χ1n) is 11.3. The Morgan fingerprint density at radius 2 is 1.26 bits per heavy atom. The molecule has 1 unspecified atom stereocenters. The second kappa shape index (κ2) is 9.00. The Kier molecular flexibility index (Phi) is 5.86. The molecule has 4 fully saturated rings. The molecule has 11 nitrogen and oxygen atoms in total. The number of ether oxygens (including phenoxy) is 6. The van der Waals surface area contributed by atoms with Crippen LogP contribution in [-0.2, 0) is 18.9 Å². The van der Waals surface area contributed by atoms with E-state index in [0.29, 0.717) is 77.7 Å². The number of fused-ring (bicyclic) bond motifs is 2. The number of hydrogen-bond donors (Lipinski definition) is 1. The van der Waals surface area contributed by atoms with E-state index in [9.17, 15) is 5.11 Å². The summed E-state index contributed by atoms with van der Waals surface area (Å²) in [5.41, 5.74) is 0.328. The second-order valence-electron chi connectivity index (χ2n) is 9.23. The molecule has 1 atom stereocenters. The first kappa shape index (κ1) is 22.1. The summed E-state index contributed by atoms with van der Waals surface area (Å²) in [6.07, 6.45) is 0.359. The highest BCUT2D eigenvalue weighted by atomic mass is 16.6. The molecule has 34 heavy (non-hydrogen) atoms. The Morgan fingerprint density at radius 3 is 1.74 bits per heavy atom. The molecule has 1 aromatic heterocycles. The lowest BCUT2D eigenvalue weighted by molar-refractivity contribution is 0.0692. The number of aliphatic hydroxyl groups is 1. The van der Waals surface area contributed by atoms with Crippen molar-refractivity contribution in [2.75, 3.05) is 66.6 Å². The highest BCUT2D eigenvalue weighted by Gasteiger charge is 2.49. The van der Waals surface area contributed by atoms with Crippen molar-refractivity contribution >= 4 is 0 Å². The van der Waals surface area contributed by atoms with Crippen LogP contribution in [0.3, 0.4) is 0 Å². The van der Waals surface area contributed by atoms with Gasteiger partial charge in [-0.25, -0.2) is 19.8 Å². The van der Waals surface area contributed by atoms with Crippen molar-refractivity contribution < 1.29 is 33.5 Å². The molecule has 0 radical (unpaired) electrons. The fourth-order valence-corrected chi connectivity index (χ4v) is 4.84. The average Bonchev–Trinajstić information content (AvgIpc) is 3.62. The van der Waals surface area contributed by atoms with Gasteiger partial charge < -0.3 is 33.5 Å². The van der Waals surface area contributed by atoms with Gasteiger partial charge in [-0.15, -0.1) is 0 Å². The molecule has 0 saturated carbocycles. The molecular formula is C23H28N4O7. The Bertz CT molecular complexity index is 936.